The number of rotatable bonds is 3. The minimum absolute atomic E-state index is 0.726. The van der Waals surface area contributed by atoms with Crippen LogP contribution in [0.5, 0.6) is 23.0 Å². The summed E-state index contributed by atoms with van der Waals surface area (Å²) >= 11 is 0. The summed E-state index contributed by atoms with van der Waals surface area (Å²) in [6, 6.07) is 48.8. The molecule has 1 aromatic heterocycles. The molecule has 1 aliphatic rings. The highest BCUT2D eigenvalue weighted by Crippen LogP contribution is 2.51. The van der Waals surface area contributed by atoms with E-state index in [1.807, 2.05) is 48.8 Å². The fraction of sp³-hybridized carbons (Fsp3) is 0. The Morgan fingerprint density at radius 1 is 0.386 bits per heavy atom. The van der Waals surface area contributed by atoms with Crippen LogP contribution in [-0.2, 0) is 0 Å². The van der Waals surface area contributed by atoms with Crippen molar-refractivity contribution in [3.05, 3.63) is 152 Å². The molecule has 206 valence electrons. The Labute approximate surface area is 254 Å². The summed E-state index contributed by atoms with van der Waals surface area (Å²) < 4.78 is 12.7. The molecule has 2 heterocycles. The first-order valence-electron chi connectivity index (χ1n) is 14.8. The summed E-state index contributed by atoms with van der Waals surface area (Å²) in [5, 5.41) is 7.04. The topological polar surface area (TPSA) is 31.4 Å². The highest BCUT2D eigenvalue weighted by Gasteiger charge is 2.23. The van der Waals surface area contributed by atoms with E-state index < -0.39 is 0 Å². The Kier molecular flexibility index (Phi) is 5.50. The second-order valence-electron chi connectivity index (χ2n) is 11.1. The molecule has 1 aliphatic heterocycles. The SMILES string of the molecule is c1cncc(-c2c3ccccc3c(-c3ccc(-c4cc5c(c6ccccc46)Oc4ccccc4O5)cc3)c3ccccc23)c1. The molecule has 7 aromatic carbocycles. The second kappa shape index (κ2) is 9.82. The maximum Gasteiger partial charge on any atom is 0.177 e. The van der Waals surface area contributed by atoms with Crippen molar-refractivity contribution in [2.75, 3.05) is 0 Å². The highest BCUT2D eigenvalue weighted by atomic mass is 16.6. The first-order chi connectivity index (χ1) is 21.8. The van der Waals surface area contributed by atoms with E-state index in [0.717, 1.165) is 50.5 Å². The molecule has 44 heavy (non-hydrogen) atoms. The number of fused-ring (bicyclic) bond motifs is 6. The number of aromatic nitrogens is 1. The first kappa shape index (κ1) is 24.6. The molecule has 0 aliphatic carbocycles. The van der Waals surface area contributed by atoms with E-state index in [2.05, 4.69) is 108 Å². The molecule has 0 atom stereocenters. The molecule has 0 saturated carbocycles. The molecule has 3 heteroatoms. The van der Waals surface area contributed by atoms with E-state index in [1.165, 1.54) is 38.2 Å². The largest absolute Gasteiger partial charge is 0.449 e. The molecule has 0 saturated heterocycles. The zero-order chi connectivity index (χ0) is 29.0. The average molecular weight is 564 g/mol. The third-order valence-corrected chi connectivity index (χ3v) is 8.61. The summed E-state index contributed by atoms with van der Waals surface area (Å²) in [6.07, 6.45) is 3.78. The predicted octanol–water partition coefficient (Wildman–Crippen LogP) is 11.4. The van der Waals surface area contributed by atoms with Crippen molar-refractivity contribution in [1.29, 1.82) is 0 Å². The number of hydrogen-bond donors (Lipinski definition) is 0. The van der Waals surface area contributed by atoms with E-state index in [9.17, 15) is 0 Å². The lowest BCUT2D eigenvalue weighted by Crippen LogP contribution is -2.00. The van der Waals surface area contributed by atoms with Crippen molar-refractivity contribution in [1.82, 2.24) is 4.98 Å². The van der Waals surface area contributed by atoms with Crippen LogP contribution in [0.4, 0.5) is 0 Å². The molecule has 0 fully saturated rings. The Bertz CT molecular complexity index is 2320. The molecule has 3 nitrogen and oxygen atoms in total. The first-order valence-corrected chi connectivity index (χ1v) is 14.8. The van der Waals surface area contributed by atoms with Gasteiger partial charge in [-0.05, 0) is 79.0 Å². The van der Waals surface area contributed by atoms with Gasteiger partial charge in [0, 0.05) is 23.3 Å². The highest BCUT2D eigenvalue weighted by molar-refractivity contribution is 6.21. The monoisotopic (exact) mass is 563 g/mol. The van der Waals surface area contributed by atoms with Gasteiger partial charge in [0.2, 0.25) is 0 Å². The molecule has 0 bridgehead atoms. The molecular formula is C41H25NO2. The van der Waals surface area contributed by atoms with Gasteiger partial charge in [-0.2, -0.15) is 0 Å². The van der Waals surface area contributed by atoms with E-state index in [-0.39, 0.29) is 0 Å². The number of nitrogens with zero attached hydrogens (tertiary/aromatic N) is 1. The van der Waals surface area contributed by atoms with Crippen LogP contribution >= 0.6 is 0 Å². The molecular weight excluding hydrogens is 538 g/mol. The number of pyridine rings is 1. The third-order valence-electron chi connectivity index (χ3n) is 8.61. The van der Waals surface area contributed by atoms with Gasteiger partial charge in [0.15, 0.2) is 23.0 Å². The normalized spacial score (nSPS) is 12.0. The smallest absolute Gasteiger partial charge is 0.177 e. The molecule has 0 unspecified atom stereocenters. The quantitative estimate of drug-likeness (QED) is 0.200. The van der Waals surface area contributed by atoms with Gasteiger partial charge in [0.05, 0.1) is 0 Å². The van der Waals surface area contributed by atoms with Crippen LogP contribution in [-0.4, -0.2) is 4.98 Å². The number of hydrogen-bond acceptors (Lipinski definition) is 3. The van der Waals surface area contributed by atoms with Gasteiger partial charge in [-0.3, -0.25) is 4.98 Å². The fourth-order valence-corrected chi connectivity index (χ4v) is 6.67. The van der Waals surface area contributed by atoms with E-state index in [1.54, 1.807) is 0 Å². The van der Waals surface area contributed by atoms with Crippen molar-refractivity contribution in [3.8, 4) is 56.4 Å². The lowest BCUT2D eigenvalue weighted by atomic mass is 9.86. The Hall–Kier alpha value is -5.93. The van der Waals surface area contributed by atoms with Crippen molar-refractivity contribution in [3.63, 3.8) is 0 Å². The molecule has 0 radical (unpaired) electrons. The third kappa shape index (κ3) is 3.80. The lowest BCUT2D eigenvalue weighted by Gasteiger charge is -2.23. The van der Waals surface area contributed by atoms with Crippen molar-refractivity contribution >= 4 is 32.3 Å². The molecule has 8 aromatic rings. The van der Waals surface area contributed by atoms with E-state index in [0.29, 0.717) is 0 Å². The number of ether oxygens (including phenoxy) is 2. The number of benzene rings is 7. The lowest BCUT2D eigenvalue weighted by molar-refractivity contribution is 0.363. The van der Waals surface area contributed by atoms with Crippen LogP contribution in [0.2, 0.25) is 0 Å². The van der Waals surface area contributed by atoms with Crippen LogP contribution in [0.25, 0.3) is 65.7 Å². The summed E-state index contributed by atoms with van der Waals surface area (Å²) in [5.41, 5.74) is 6.98. The van der Waals surface area contributed by atoms with Crippen LogP contribution in [0.15, 0.2) is 152 Å². The van der Waals surface area contributed by atoms with Crippen LogP contribution in [0.3, 0.4) is 0 Å². The van der Waals surface area contributed by atoms with Gasteiger partial charge >= 0.3 is 0 Å². The zero-order valence-corrected chi connectivity index (χ0v) is 23.7. The number of para-hydroxylation sites is 2. The zero-order valence-electron chi connectivity index (χ0n) is 23.7. The maximum atomic E-state index is 6.36. The molecule has 0 spiro atoms. The van der Waals surface area contributed by atoms with E-state index >= 15 is 0 Å². The van der Waals surface area contributed by atoms with Crippen molar-refractivity contribution < 1.29 is 9.47 Å². The van der Waals surface area contributed by atoms with Gasteiger partial charge in [0.1, 0.15) is 0 Å². The van der Waals surface area contributed by atoms with Crippen molar-refractivity contribution in [2.24, 2.45) is 0 Å². The van der Waals surface area contributed by atoms with Gasteiger partial charge in [-0.1, -0.05) is 115 Å². The van der Waals surface area contributed by atoms with Crippen LogP contribution in [0, 0.1) is 0 Å². The summed E-state index contributed by atoms with van der Waals surface area (Å²) in [6.45, 7) is 0. The maximum absolute atomic E-state index is 6.36. The minimum atomic E-state index is 0.726. The Morgan fingerprint density at radius 3 is 1.52 bits per heavy atom. The van der Waals surface area contributed by atoms with Crippen LogP contribution in [0.1, 0.15) is 0 Å². The van der Waals surface area contributed by atoms with E-state index in [4.69, 9.17) is 9.47 Å². The fourth-order valence-electron chi connectivity index (χ4n) is 6.67. The van der Waals surface area contributed by atoms with Gasteiger partial charge in [0.25, 0.3) is 0 Å². The summed E-state index contributed by atoms with van der Waals surface area (Å²) in [4.78, 5) is 4.44. The van der Waals surface area contributed by atoms with Gasteiger partial charge in [-0.25, -0.2) is 0 Å². The average Bonchev–Trinajstić information content (AvgIpc) is 3.10. The van der Waals surface area contributed by atoms with Gasteiger partial charge < -0.3 is 9.47 Å². The molecule has 0 N–H and O–H groups in total. The summed E-state index contributed by atoms with van der Waals surface area (Å²) in [7, 11) is 0. The predicted molar refractivity (Wildman–Crippen MR) is 180 cm³/mol. The standard InChI is InChI=1S/C41H25NO2/c1-6-16-34-29(11-1)35(24-38-41(34)44-37-18-8-7-17-36(37)43-38)26-19-21-27(22-20-26)39-30-12-2-4-14-32(30)40(28-10-9-23-42-25-28)33-15-5-3-13-31(33)39/h1-25H. The molecule has 9 rings (SSSR count). The Morgan fingerprint density at radius 2 is 0.909 bits per heavy atom. The van der Waals surface area contributed by atoms with Crippen LogP contribution < -0.4 is 9.47 Å². The molecule has 0 amide bonds. The van der Waals surface area contributed by atoms with Gasteiger partial charge in [-0.15, -0.1) is 0 Å². The minimum Gasteiger partial charge on any atom is -0.449 e. The summed E-state index contributed by atoms with van der Waals surface area (Å²) in [5.74, 6) is 2.94. The van der Waals surface area contributed by atoms with Crippen molar-refractivity contribution in [2.45, 2.75) is 0 Å². The second-order valence-corrected chi connectivity index (χ2v) is 11.1. The Balaban J connectivity index is 1.22.